The van der Waals surface area contributed by atoms with Crippen molar-refractivity contribution in [3.05, 3.63) is 63.2 Å². The first-order valence-electron chi connectivity index (χ1n) is 10.9. The third kappa shape index (κ3) is 6.73. The second-order valence-corrected chi connectivity index (χ2v) is 12.4. The number of hydrogen-bond acceptors (Lipinski definition) is 4. The third-order valence-electron chi connectivity index (χ3n) is 6.21. The fourth-order valence-corrected chi connectivity index (χ4v) is 5.34. The van der Waals surface area contributed by atoms with E-state index in [0.717, 1.165) is 41.8 Å². The number of nitrogens with zero attached hydrogens (tertiary/aromatic N) is 2. The maximum absolute atomic E-state index is 12.3. The van der Waals surface area contributed by atoms with Gasteiger partial charge >= 0.3 is 0 Å². The summed E-state index contributed by atoms with van der Waals surface area (Å²) in [4.78, 5) is 6.82. The topological polar surface area (TPSA) is 68.5 Å². The Hall–Kier alpha value is -1.12. The van der Waals surface area contributed by atoms with E-state index in [1.54, 1.807) is 12.1 Å². The Morgan fingerprint density at radius 1 is 1.33 bits per heavy atom. The van der Waals surface area contributed by atoms with Gasteiger partial charge in [-0.15, -0.1) is 0 Å². The molecule has 1 saturated heterocycles. The van der Waals surface area contributed by atoms with E-state index in [4.69, 9.17) is 33.1 Å². The molecule has 2 heterocycles. The van der Waals surface area contributed by atoms with Crippen molar-refractivity contribution < 1.29 is 8.95 Å². The zero-order chi connectivity index (χ0) is 24.2. The van der Waals surface area contributed by atoms with Gasteiger partial charge in [0.1, 0.15) is 18.2 Å². The van der Waals surface area contributed by atoms with E-state index in [2.05, 4.69) is 32.4 Å². The molecule has 2 N–H and O–H groups in total. The zero-order valence-electron chi connectivity index (χ0n) is 18.9. The Labute approximate surface area is 217 Å². The molecular formula is C24H30BrCl2N3O2S. The Kier molecular flexibility index (Phi) is 9.26. The van der Waals surface area contributed by atoms with Crippen molar-refractivity contribution in [3.8, 4) is 5.75 Å². The summed E-state index contributed by atoms with van der Waals surface area (Å²) in [7, 11) is -1.48. The molecule has 2 atom stereocenters. The van der Waals surface area contributed by atoms with Crippen LogP contribution in [0.4, 0.5) is 5.82 Å². The summed E-state index contributed by atoms with van der Waals surface area (Å²) in [5.74, 6) is 2.04. The first-order chi connectivity index (χ1) is 15.6. The van der Waals surface area contributed by atoms with Crippen LogP contribution >= 0.6 is 39.1 Å². The predicted octanol–water partition coefficient (Wildman–Crippen LogP) is 6.51. The van der Waals surface area contributed by atoms with Gasteiger partial charge < -0.3 is 9.64 Å². The molecule has 0 radical (unpaired) electrons. The number of benzene rings is 1. The highest BCUT2D eigenvalue weighted by atomic mass is 79.9. The van der Waals surface area contributed by atoms with Crippen molar-refractivity contribution in [3.63, 3.8) is 0 Å². The van der Waals surface area contributed by atoms with Crippen molar-refractivity contribution in [2.45, 2.75) is 43.8 Å². The summed E-state index contributed by atoms with van der Waals surface area (Å²) in [5, 5.41) is 6.79. The van der Waals surface area contributed by atoms with Crippen molar-refractivity contribution in [1.82, 2.24) is 4.98 Å². The summed E-state index contributed by atoms with van der Waals surface area (Å²) in [6.07, 6.45) is 6.05. The van der Waals surface area contributed by atoms with Crippen molar-refractivity contribution in [1.29, 1.82) is 0 Å². The maximum atomic E-state index is 12.3. The van der Waals surface area contributed by atoms with Gasteiger partial charge in [-0.25, -0.2) is 9.19 Å². The van der Waals surface area contributed by atoms with Gasteiger partial charge in [-0.3, -0.25) is 5.14 Å². The van der Waals surface area contributed by atoms with E-state index < -0.39 is 15.7 Å². The van der Waals surface area contributed by atoms with Crippen molar-refractivity contribution >= 4 is 55.9 Å². The first-order valence-corrected chi connectivity index (χ1v) is 13.6. The molecule has 0 bridgehead atoms. The van der Waals surface area contributed by atoms with Crippen molar-refractivity contribution in [2.75, 3.05) is 24.6 Å². The second-order valence-electron chi connectivity index (χ2n) is 8.93. The van der Waals surface area contributed by atoms with Gasteiger partial charge in [-0.2, -0.15) is 0 Å². The SMILES string of the molecule is C=CCOc1cc(Cl)c(Cl)cc1[C@H](CC(C)(C)S(N)=O)C1CCN(c2cc(Br)ccn2)CC1. The van der Waals surface area contributed by atoms with Crippen LogP contribution in [0.2, 0.25) is 10.0 Å². The minimum atomic E-state index is -1.48. The molecule has 1 aromatic carbocycles. The standard InChI is InChI=1S/C24H30BrCl2N3O2S/c1-4-11-32-22-14-21(27)20(26)13-18(22)19(15-24(2,3)33(28)31)16-6-9-30(10-7-16)23-12-17(25)5-8-29-23/h4-5,8,12-14,16,19H,1,6-7,9-11,15,28H2,2-3H3/t19-,33?/m1/s1. The van der Waals surface area contributed by atoms with Crippen LogP contribution < -0.4 is 14.8 Å². The van der Waals surface area contributed by atoms with Crippen LogP contribution in [0.15, 0.2) is 47.6 Å². The van der Waals surface area contributed by atoms with Crippen LogP contribution in [-0.2, 0) is 11.0 Å². The lowest BCUT2D eigenvalue weighted by molar-refractivity contribution is 0.296. The number of nitrogens with two attached hydrogens (primary N) is 1. The minimum absolute atomic E-state index is 0.0553. The molecule has 0 saturated carbocycles. The van der Waals surface area contributed by atoms with Crippen molar-refractivity contribution in [2.24, 2.45) is 11.1 Å². The highest BCUT2D eigenvalue weighted by Gasteiger charge is 2.36. The number of piperidine rings is 1. The van der Waals surface area contributed by atoms with Crippen LogP contribution in [-0.4, -0.2) is 33.6 Å². The van der Waals surface area contributed by atoms with Crippen LogP contribution in [0.5, 0.6) is 5.75 Å². The van der Waals surface area contributed by atoms with E-state index in [1.165, 1.54) is 0 Å². The summed E-state index contributed by atoms with van der Waals surface area (Å²) >= 11 is 16.3. The van der Waals surface area contributed by atoms with Crippen LogP contribution in [0, 0.1) is 5.92 Å². The predicted molar refractivity (Wildman–Crippen MR) is 143 cm³/mol. The lowest BCUT2D eigenvalue weighted by Gasteiger charge is -2.39. The Morgan fingerprint density at radius 3 is 2.61 bits per heavy atom. The molecule has 1 aromatic heterocycles. The quantitative estimate of drug-likeness (QED) is 0.347. The summed E-state index contributed by atoms with van der Waals surface area (Å²) < 4.78 is 18.8. The molecule has 2 aromatic rings. The fraction of sp³-hybridized carbons (Fsp3) is 0.458. The van der Waals surface area contributed by atoms with E-state index >= 15 is 0 Å². The maximum Gasteiger partial charge on any atom is 0.129 e. The van der Waals surface area contributed by atoms with E-state index in [-0.39, 0.29) is 5.92 Å². The Bertz CT molecular complexity index is 1010. The molecule has 5 nitrogen and oxygen atoms in total. The number of hydrogen-bond donors (Lipinski definition) is 1. The molecule has 33 heavy (non-hydrogen) atoms. The van der Waals surface area contributed by atoms with E-state index in [9.17, 15) is 4.21 Å². The number of halogens is 3. The van der Waals surface area contributed by atoms with Gasteiger partial charge in [0.15, 0.2) is 0 Å². The molecule has 1 unspecified atom stereocenters. The van der Waals surface area contributed by atoms with Crippen LogP contribution in [0.25, 0.3) is 0 Å². The lowest BCUT2D eigenvalue weighted by Crippen LogP contribution is -2.39. The summed E-state index contributed by atoms with van der Waals surface area (Å²) in [5.41, 5.74) is 0.976. The molecule has 1 fully saturated rings. The summed E-state index contributed by atoms with van der Waals surface area (Å²) in [6.45, 7) is 9.75. The van der Waals surface area contributed by atoms with Gasteiger partial charge in [0.2, 0.25) is 0 Å². The number of aromatic nitrogens is 1. The zero-order valence-corrected chi connectivity index (χ0v) is 22.8. The van der Waals surface area contributed by atoms with E-state index in [1.807, 2.05) is 38.2 Å². The number of rotatable bonds is 9. The fourth-order valence-electron chi connectivity index (χ4n) is 4.35. The highest BCUT2D eigenvalue weighted by molar-refractivity contribution is 9.10. The van der Waals surface area contributed by atoms with Gasteiger partial charge in [0, 0.05) is 29.8 Å². The molecule has 0 amide bonds. The van der Waals surface area contributed by atoms with Gasteiger partial charge in [0.05, 0.1) is 25.8 Å². The third-order valence-corrected chi connectivity index (χ3v) is 8.68. The monoisotopic (exact) mass is 573 g/mol. The van der Waals surface area contributed by atoms with Gasteiger partial charge in [-0.1, -0.05) is 51.8 Å². The van der Waals surface area contributed by atoms with Crippen LogP contribution in [0.1, 0.15) is 44.6 Å². The molecule has 9 heteroatoms. The molecule has 0 spiro atoms. The second kappa shape index (κ2) is 11.5. The Balaban J connectivity index is 1.92. The molecule has 1 aliphatic rings. The largest absolute Gasteiger partial charge is 0.489 e. The average Bonchev–Trinajstić information content (AvgIpc) is 2.78. The van der Waals surface area contributed by atoms with Gasteiger partial charge in [0.25, 0.3) is 0 Å². The van der Waals surface area contributed by atoms with E-state index in [0.29, 0.717) is 34.7 Å². The number of anilines is 1. The molecular weight excluding hydrogens is 545 g/mol. The molecule has 180 valence electrons. The number of ether oxygens (including phenoxy) is 1. The molecule has 3 rings (SSSR count). The highest BCUT2D eigenvalue weighted by Crippen LogP contribution is 2.45. The van der Waals surface area contributed by atoms with Crippen LogP contribution in [0.3, 0.4) is 0 Å². The Morgan fingerprint density at radius 2 is 2.00 bits per heavy atom. The first kappa shape index (κ1) is 26.5. The molecule has 0 aliphatic carbocycles. The minimum Gasteiger partial charge on any atom is -0.489 e. The number of pyridine rings is 1. The summed E-state index contributed by atoms with van der Waals surface area (Å²) in [6, 6.07) is 7.63. The molecule has 1 aliphatic heterocycles. The smallest absolute Gasteiger partial charge is 0.129 e. The van der Waals surface area contributed by atoms with Gasteiger partial charge in [-0.05, 0) is 68.7 Å². The lowest BCUT2D eigenvalue weighted by atomic mass is 9.75. The average molecular weight is 575 g/mol. The normalized spacial score (nSPS) is 17.0.